The van der Waals surface area contributed by atoms with Crippen LogP contribution < -0.4 is 5.64 Å². The number of imide groups is 1. The zero-order valence-corrected chi connectivity index (χ0v) is 9.18. The molecular formula is C11H9FN2O4. The Bertz CT molecular complexity index is 528. The number of hydrogen-bond donors (Lipinski definition) is 1. The zero-order valence-electron chi connectivity index (χ0n) is 9.18. The van der Waals surface area contributed by atoms with E-state index >= 15 is 0 Å². The van der Waals surface area contributed by atoms with Crippen LogP contribution in [0.2, 0.25) is 0 Å². The van der Waals surface area contributed by atoms with Gasteiger partial charge >= 0.3 is 0 Å². The molecule has 1 N–H and O–H groups in total. The molecular weight excluding hydrogens is 243 g/mol. The van der Waals surface area contributed by atoms with E-state index in [1.165, 1.54) is 6.07 Å². The minimum Gasteiger partial charge on any atom is -0.276 e. The summed E-state index contributed by atoms with van der Waals surface area (Å²) in [5, 5.41) is 0. The smallest absolute Gasteiger partial charge is 0.263 e. The van der Waals surface area contributed by atoms with Gasteiger partial charge in [-0.05, 0) is 18.2 Å². The Labute approximate surface area is 101 Å². The summed E-state index contributed by atoms with van der Waals surface area (Å²) in [7, 11) is 0. The fourth-order valence-corrected chi connectivity index (χ4v) is 2.02. The SMILES string of the molecule is O=C1c2ccc(F)cc2C(=O)N1C1CCONO1. The second kappa shape index (κ2) is 4.13. The third-order valence-electron chi connectivity index (χ3n) is 2.88. The molecule has 2 amide bonds. The molecule has 7 heteroatoms. The van der Waals surface area contributed by atoms with E-state index in [2.05, 4.69) is 5.64 Å². The number of nitrogens with one attached hydrogen (secondary N) is 1. The van der Waals surface area contributed by atoms with Gasteiger partial charge < -0.3 is 0 Å². The molecule has 0 bridgehead atoms. The van der Waals surface area contributed by atoms with Crippen LogP contribution in [0.5, 0.6) is 0 Å². The molecule has 2 heterocycles. The second-order valence-electron chi connectivity index (χ2n) is 3.96. The Morgan fingerprint density at radius 3 is 2.78 bits per heavy atom. The quantitative estimate of drug-likeness (QED) is 0.741. The van der Waals surface area contributed by atoms with Crippen molar-refractivity contribution in [1.29, 1.82) is 0 Å². The summed E-state index contributed by atoms with van der Waals surface area (Å²) >= 11 is 0. The molecule has 0 aromatic heterocycles. The first kappa shape index (κ1) is 11.3. The van der Waals surface area contributed by atoms with Crippen molar-refractivity contribution in [3.05, 3.63) is 35.1 Å². The first-order valence-electron chi connectivity index (χ1n) is 5.38. The number of rotatable bonds is 1. The van der Waals surface area contributed by atoms with E-state index in [1.807, 2.05) is 0 Å². The van der Waals surface area contributed by atoms with E-state index in [4.69, 9.17) is 9.68 Å². The van der Waals surface area contributed by atoms with Gasteiger partial charge in [-0.25, -0.2) is 9.29 Å². The van der Waals surface area contributed by atoms with Gasteiger partial charge in [0.1, 0.15) is 5.82 Å². The van der Waals surface area contributed by atoms with Gasteiger partial charge in [-0.3, -0.25) is 19.3 Å². The lowest BCUT2D eigenvalue weighted by Gasteiger charge is -2.28. The first-order chi connectivity index (χ1) is 8.68. The molecule has 6 nitrogen and oxygen atoms in total. The van der Waals surface area contributed by atoms with Gasteiger partial charge in [0.25, 0.3) is 11.8 Å². The number of hydrogen-bond acceptors (Lipinski definition) is 5. The predicted octanol–water partition coefficient (Wildman–Crippen LogP) is 0.604. The van der Waals surface area contributed by atoms with Gasteiger partial charge in [-0.15, -0.1) is 0 Å². The fraction of sp³-hybridized carbons (Fsp3) is 0.273. The van der Waals surface area contributed by atoms with Crippen molar-refractivity contribution in [3.63, 3.8) is 0 Å². The summed E-state index contributed by atoms with van der Waals surface area (Å²) in [4.78, 5) is 34.8. The van der Waals surface area contributed by atoms with E-state index < -0.39 is 23.9 Å². The number of amides is 2. The maximum atomic E-state index is 13.1. The van der Waals surface area contributed by atoms with E-state index in [9.17, 15) is 14.0 Å². The molecule has 94 valence electrons. The van der Waals surface area contributed by atoms with Crippen LogP contribution in [-0.2, 0) is 9.68 Å². The highest BCUT2D eigenvalue weighted by atomic mass is 19.1. The number of fused-ring (bicyclic) bond motifs is 1. The Hall–Kier alpha value is -1.83. The van der Waals surface area contributed by atoms with Crippen molar-refractivity contribution in [2.24, 2.45) is 0 Å². The molecule has 1 aromatic rings. The second-order valence-corrected chi connectivity index (χ2v) is 3.96. The summed E-state index contributed by atoms with van der Waals surface area (Å²) in [6.45, 7) is 0.312. The lowest BCUT2D eigenvalue weighted by Crippen LogP contribution is -2.47. The Balaban J connectivity index is 1.96. The fourth-order valence-electron chi connectivity index (χ4n) is 2.02. The molecule has 1 unspecified atom stereocenters. The lowest BCUT2D eigenvalue weighted by molar-refractivity contribution is -0.259. The summed E-state index contributed by atoms with van der Waals surface area (Å²) < 4.78 is 13.1. The molecule has 2 aliphatic rings. The van der Waals surface area contributed by atoms with Crippen molar-refractivity contribution >= 4 is 11.8 Å². The topological polar surface area (TPSA) is 67.9 Å². The maximum Gasteiger partial charge on any atom is 0.263 e. The van der Waals surface area contributed by atoms with Crippen molar-refractivity contribution in [2.45, 2.75) is 12.6 Å². The Morgan fingerprint density at radius 2 is 2.06 bits per heavy atom. The van der Waals surface area contributed by atoms with E-state index in [0.717, 1.165) is 17.0 Å². The van der Waals surface area contributed by atoms with Gasteiger partial charge in [0.2, 0.25) is 0 Å². The molecule has 0 radical (unpaired) electrons. The van der Waals surface area contributed by atoms with Gasteiger partial charge in [-0.2, -0.15) is 0 Å². The van der Waals surface area contributed by atoms with Crippen LogP contribution in [0.3, 0.4) is 0 Å². The third-order valence-corrected chi connectivity index (χ3v) is 2.88. The minimum absolute atomic E-state index is 0.0649. The van der Waals surface area contributed by atoms with Crippen LogP contribution in [0.1, 0.15) is 27.1 Å². The first-order valence-corrected chi connectivity index (χ1v) is 5.38. The average Bonchev–Trinajstić information content (AvgIpc) is 2.63. The summed E-state index contributed by atoms with van der Waals surface area (Å²) in [6, 6.07) is 3.51. The minimum atomic E-state index is -0.741. The summed E-state index contributed by atoms with van der Waals surface area (Å²) in [6.07, 6.45) is -0.379. The highest BCUT2D eigenvalue weighted by Crippen LogP contribution is 2.27. The van der Waals surface area contributed by atoms with Crippen LogP contribution in [0.4, 0.5) is 4.39 Å². The Morgan fingerprint density at radius 1 is 1.28 bits per heavy atom. The van der Waals surface area contributed by atoms with Crippen LogP contribution in [-0.4, -0.2) is 29.5 Å². The van der Waals surface area contributed by atoms with Gasteiger partial charge in [0.05, 0.1) is 17.7 Å². The average molecular weight is 252 g/mol. The predicted molar refractivity (Wildman–Crippen MR) is 55.5 cm³/mol. The standard InChI is InChI=1S/C11H9FN2O4/c12-6-1-2-7-8(5-6)11(16)14(10(7)15)9-3-4-17-13-18-9/h1-2,5,9,13H,3-4H2. The number of benzene rings is 1. The molecule has 18 heavy (non-hydrogen) atoms. The highest BCUT2D eigenvalue weighted by Gasteiger charge is 2.41. The van der Waals surface area contributed by atoms with Crippen LogP contribution >= 0.6 is 0 Å². The van der Waals surface area contributed by atoms with Crippen molar-refractivity contribution in [2.75, 3.05) is 6.61 Å². The summed E-state index contributed by atoms with van der Waals surface area (Å²) in [5.41, 5.74) is 2.43. The molecule has 0 aliphatic carbocycles. The lowest BCUT2D eigenvalue weighted by atomic mass is 10.1. The summed E-state index contributed by atoms with van der Waals surface area (Å²) in [5.74, 6) is -1.59. The van der Waals surface area contributed by atoms with Crippen LogP contribution in [0, 0.1) is 5.82 Å². The third kappa shape index (κ3) is 1.60. The maximum absolute atomic E-state index is 13.1. The Kier molecular flexibility index (Phi) is 2.58. The van der Waals surface area contributed by atoms with Gasteiger partial charge in [0, 0.05) is 6.42 Å². The molecule has 1 saturated heterocycles. The van der Waals surface area contributed by atoms with Crippen LogP contribution in [0.15, 0.2) is 18.2 Å². The number of nitrogens with zero attached hydrogens (tertiary/aromatic N) is 1. The largest absolute Gasteiger partial charge is 0.276 e. The molecule has 0 spiro atoms. The molecule has 1 atom stereocenters. The van der Waals surface area contributed by atoms with E-state index in [1.54, 1.807) is 0 Å². The molecule has 1 fully saturated rings. The molecule has 1 aromatic carbocycles. The van der Waals surface area contributed by atoms with E-state index in [0.29, 0.717) is 13.0 Å². The van der Waals surface area contributed by atoms with Crippen molar-refractivity contribution < 1.29 is 23.7 Å². The number of halogens is 1. The number of carbonyl (C=O) groups excluding carboxylic acids is 2. The van der Waals surface area contributed by atoms with Gasteiger partial charge in [0.15, 0.2) is 6.23 Å². The van der Waals surface area contributed by atoms with E-state index in [-0.39, 0.29) is 11.1 Å². The molecule has 0 saturated carbocycles. The monoisotopic (exact) mass is 252 g/mol. The normalized spacial score (nSPS) is 23.4. The molecule has 3 rings (SSSR count). The molecule has 2 aliphatic heterocycles. The van der Waals surface area contributed by atoms with Crippen molar-refractivity contribution in [1.82, 2.24) is 10.5 Å². The van der Waals surface area contributed by atoms with Crippen molar-refractivity contribution in [3.8, 4) is 0 Å². The zero-order chi connectivity index (χ0) is 12.7. The van der Waals surface area contributed by atoms with Crippen LogP contribution in [0.25, 0.3) is 0 Å². The number of carbonyl (C=O) groups is 2. The highest BCUT2D eigenvalue weighted by molar-refractivity contribution is 6.21. The van der Waals surface area contributed by atoms with Gasteiger partial charge in [-0.1, -0.05) is 5.64 Å².